The van der Waals surface area contributed by atoms with Crippen molar-refractivity contribution in [1.29, 1.82) is 0 Å². The van der Waals surface area contributed by atoms with Gasteiger partial charge in [-0.3, -0.25) is 4.57 Å². The minimum absolute atomic E-state index is 0. The maximum absolute atomic E-state index is 10.3. The van der Waals surface area contributed by atoms with Crippen LogP contribution in [0, 0.1) is 0 Å². The Kier molecular flexibility index (Phi) is 8.32. The quantitative estimate of drug-likeness (QED) is 0.380. The second kappa shape index (κ2) is 6.20. The molecule has 72 valence electrons. The Labute approximate surface area is 108 Å². The topological polar surface area (TPSA) is 49.4 Å². The minimum atomic E-state index is -4.04. The summed E-state index contributed by atoms with van der Waals surface area (Å²) >= 11 is 4.83. The van der Waals surface area contributed by atoms with Crippen LogP contribution in [0.4, 0.5) is 0 Å². The van der Waals surface area contributed by atoms with E-state index in [1.165, 1.54) is 0 Å². The first-order chi connectivity index (χ1) is 4.71. The van der Waals surface area contributed by atoms with Gasteiger partial charge in [-0.1, -0.05) is 0 Å². The first kappa shape index (κ1) is 16.1. The molecule has 12 heavy (non-hydrogen) atoms. The third-order valence-corrected chi connectivity index (χ3v) is 1.79. The summed E-state index contributed by atoms with van der Waals surface area (Å²) in [5.41, 5.74) is 0. The van der Waals surface area contributed by atoms with E-state index in [9.17, 15) is 9.46 Å². The zero-order valence-electron chi connectivity index (χ0n) is 6.91. The van der Waals surface area contributed by atoms with Crippen LogP contribution in [0.5, 0.6) is 0 Å². The molecule has 0 saturated carbocycles. The SMILES string of the molecule is C[N+](C)(C)CCOP(=O)([O-])Cl.[CaH2]. The number of likely N-dealkylation sites (N-methyl/N-ethyl adjacent to an activating group) is 1. The predicted molar refractivity (Wildman–Crippen MR) is 50.9 cm³/mol. The van der Waals surface area contributed by atoms with Gasteiger partial charge >= 0.3 is 37.7 Å². The molecule has 0 amide bonds. The standard InChI is InChI=1S/C5H13ClNO3P.Ca.2H/c1-7(2,3)4-5-10-11(6,8)9;;;/h4-5H2,1-3H3;;;. The number of halogens is 1. The zero-order chi connectivity index (χ0) is 9.12. The fourth-order valence-electron chi connectivity index (χ4n) is 0.424. The summed E-state index contributed by atoms with van der Waals surface area (Å²) in [4.78, 5) is 10.3. The van der Waals surface area contributed by atoms with Gasteiger partial charge < -0.3 is 13.9 Å². The van der Waals surface area contributed by atoms with Crippen LogP contribution in [0.3, 0.4) is 0 Å². The van der Waals surface area contributed by atoms with E-state index in [-0.39, 0.29) is 44.3 Å². The van der Waals surface area contributed by atoms with Gasteiger partial charge in [0.15, 0.2) is 0 Å². The summed E-state index contributed by atoms with van der Waals surface area (Å²) in [6, 6.07) is 0. The van der Waals surface area contributed by atoms with Gasteiger partial charge in [0, 0.05) is 0 Å². The third kappa shape index (κ3) is 14.2. The van der Waals surface area contributed by atoms with Crippen molar-refractivity contribution >= 4 is 55.9 Å². The molecule has 0 fully saturated rings. The molecule has 0 N–H and O–H groups in total. The normalized spacial score (nSPS) is 16.4. The number of rotatable bonds is 4. The van der Waals surface area contributed by atoms with Crippen LogP contribution in [0.2, 0.25) is 0 Å². The van der Waals surface area contributed by atoms with Gasteiger partial charge in [0.05, 0.1) is 21.1 Å². The average molecular weight is 244 g/mol. The van der Waals surface area contributed by atoms with E-state index in [1.54, 1.807) is 0 Å². The second-order valence-electron chi connectivity index (χ2n) is 3.28. The van der Waals surface area contributed by atoms with E-state index in [1.807, 2.05) is 21.1 Å². The predicted octanol–water partition coefficient (Wildman–Crippen LogP) is -0.500. The van der Waals surface area contributed by atoms with E-state index >= 15 is 0 Å². The van der Waals surface area contributed by atoms with Gasteiger partial charge in [-0.25, -0.2) is 0 Å². The van der Waals surface area contributed by atoms with Crippen LogP contribution in [-0.4, -0.2) is 76.5 Å². The molecule has 0 heterocycles. The van der Waals surface area contributed by atoms with Crippen molar-refractivity contribution in [3.8, 4) is 0 Å². The van der Waals surface area contributed by atoms with E-state index in [4.69, 9.17) is 11.2 Å². The Balaban J connectivity index is 0. The molecule has 1 atom stereocenters. The summed E-state index contributed by atoms with van der Waals surface area (Å²) < 4.78 is 15.3. The second-order valence-corrected chi connectivity index (χ2v) is 5.64. The Morgan fingerprint density at radius 3 is 2.17 bits per heavy atom. The first-order valence-electron chi connectivity index (χ1n) is 3.16. The summed E-state index contributed by atoms with van der Waals surface area (Å²) in [5, 5.41) is 0. The summed E-state index contributed by atoms with van der Waals surface area (Å²) in [5.74, 6) is 0. The number of hydrogen-bond donors (Lipinski definition) is 0. The molecule has 0 aromatic carbocycles. The van der Waals surface area contributed by atoms with Crippen molar-refractivity contribution in [2.24, 2.45) is 0 Å². The monoisotopic (exact) mass is 243 g/mol. The Morgan fingerprint density at radius 1 is 1.50 bits per heavy atom. The molecule has 0 radical (unpaired) electrons. The van der Waals surface area contributed by atoms with Crippen molar-refractivity contribution in [1.82, 2.24) is 0 Å². The molecule has 0 saturated heterocycles. The molecule has 0 rings (SSSR count). The molecular weight excluding hydrogens is 229 g/mol. The molecule has 0 spiro atoms. The maximum atomic E-state index is 10.3. The van der Waals surface area contributed by atoms with Gasteiger partial charge in [0.2, 0.25) is 6.95 Å². The van der Waals surface area contributed by atoms with Gasteiger partial charge in [0.25, 0.3) is 0 Å². The molecule has 0 aliphatic rings. The van der Waals surface area contributed by atoms with Crippen molar-refractivity contribution in [3.05, 3.63) is 0 Å². The Hall–Kier alpha value is 1.66. The molecule has 7 heteroatoms. The Morgan fingerprint density at radius 2 is 1.92 bits per heavy atom. The fourth-order valence-corrected chi connectivity index (χ4v) is 0.930. The zero-order valence-corrected chi connectivity index (χ0v) is 8.56. The molecule has 0 aliphatic heterocycles. The van der Waals surface area contributed by atoms with Crippen LogP contribution in [-0.2, 0) is 9.09 Å². The van der Waals surface area contributed by atoms with Crippen LogP contribution < -0.4 is 4.89 Å². The van der Waals surface area contributed by atoms with Gasteiger partial charge in [0.1, 0.15) is 13.2 Å². The summed E-state index contributed by atoms with van der Waals surface area (Å²) in [6.45, 7) is -3.30. The van der Waals surface area contributed by atoms with Gasteiger partial charge in [-0.05, 0) is 11.2 Å². The average Bonchev–Trinajstić information content (AvgIpc) is 1.55. The van der Waals surface area contributed by atoms with Crippen LogP contribution >= 0.6 is 18.2 Å². The van der Waals surface area contributed by atoms with E-state index in [0.29, 0.717) is 11.0 Å². The fraction of sp³-hybridized carbons (Fsp3) is 1.00. The van der Waals surface area contributed by atoms with Crippen LogP contribution in [0.25, 0.3) is 0 Å². The number of nitrogens with zero attached hydrogens (tertiary/aromatic N) is 1. The molecule has 4 nitrogen and oxygen atoms in total. The number of quaternary nitrogens is 1. The summed E-state index contributed by atoms with van der Waals surface area (Å²) in [7, 11) is 5.81. The van der Waals surface area contributed by atoms with E-state index in [0.717, 1.165) is 0 Å². The van der Waals surface area contributed by atoms with Gasteiger partial charge in [-0.15, -0.1) is 0 Å². The molecule has 0 bridgehead atoms. The molecular formula is C5H15CaClNO3P. The van der Waals surface area contributed by atoms with Crippen molar-refractivity contribution in [2.75, 3.05) is 34.3 Å². The van der Waals surface area contributed by atoms with E-state index < -0.39 is 6.95 Å². The van der Waals surface area contributed by atoms with E-state index in [2.05, 4.69) is 4.52 Å². The van der Waals surface area contributed by atoms with Gasteiger partial charge in [-0.2, -0.15) is 0 Å². The van der Waals surface area contributed by atoms with Crippen molar-refractivity contribution in [3.63, 3.8) is 0 Å². The Bertz CT molecular complexity index is 167. The molecule has 0 aromatic heterocycles. The molecule has 0 aliphatic carbocycles. The van der Waals surface area contributed by atoms with Crippen molar-refractivity contribution in [2.45, 2.75) is 0 Å². The summed E-state index contributed by atoms with van der Waals surface area (Å²) in [6.07, 6.45) is 0. The number of hydrogen-bond acceptors (Lipinski definition) is 3. The first-order valence-corrected chi connectivity index (χ1v) is 5.61. The molecule has 1 unspecified atom stereocenters. The third-order valence-electron chi connectivity index (χ3n) is 1.01. The molecule has 0 aromatic rings. The van der Waals surface area contributed by atoms with Crippen LogP contribution in [0.15, 0.2) is 0 Å². The van der Waals surface area contributed by atoms with Crippen molar-refractivity contribution < 1.29 is 18.5 Å². The van der Waals surface area contributed by atoms with Crippen LogP contribution in [0.1, 0.15) is 0 Å².